The Balaban J connectivity index is 1.44. The summed E-state index contributed by atoms with van der Waals surface area (Å²) in [7, 11) is 0. The standard InChI is InChI=1S/C26H27FN4O2/c1-15-7-8-19(16(2)11-15)13-20-14-32-31-25(28-20)22-12-17(3)29-30-26(22)33-23-6-4-5-21(24(23)27)18-9-10-18/h4-8,11-12,18,20H,9-10,13-14H2,1-3H3,(H,28,31)/t20-/m1/s1. The van der Waals surface area contributed by atoms with Crippen LogP contribution >= 0.6 is 0 Å². The van der Waals surface area contributed by atoms with E-state index in [4.69, 9.17) is 14.6 Å². The molecule has 1 aliphatic carbocycles. The number of aryl methyl sites for hydroxylation is 3. The Morgan fingerprint density at radius 1 is 1.09 bits per heavy atom. The largest absolute Gasteiger partial charge is 0.434 e. The molecule has 0 radical (unpaired) electrons. The van der Waals surface area contributed by atoms with Gasteiger partial charge in [-0.3, -0.25) is 9.83 Å². The predicted molar refractivity (Wildman–Crippen MR) is 124 cm³/mol. The van der Waals surface area contributed by atoms with Crippen molar-refractivity contribution in [2.45, 2.75) is 52.0 Å². The monoisotopic (exact) mass is 446 g/mol. The van der Waals surface area contributed by atoms with Crippen LogP contribution in [-0.2, 0) is 11.3 Å². The van der Waals surface area contributed by atoms with E-state index in [0.717, 1.165) is 19.3 Å². The summed E-state index contributed by atoms with van der Waals surface area (Å²) in [5, 5.41) is 8.31. The van der Waals surface area contributed by atoms with Gasteiger partial charge in [-0.15, -0.1) is 5.10 Å². The normalized spacial score (nSPS) is 17.9. The third-order valence-electron chi connectivity index (χ3n) is 6.06. The zero-order chi connectivity index (χ0) is 22.9. The van der Waals surface area contributed by atoms with E-state index < -0.39 is 0 Å². The summed E-state index contributed by atoms with van der Waals surface area (Å²) in [5.41, 5.74) is 8.58. The fourth-order valence-corrected chi connectivity index (χ4v) is 4.15. The lowest BCUT2D eigenvalue weighted by molar-refractivity contribution is 0.0623. The van der Waals surface area contributed by atoms with E-state index in [1.165, 1.54) is 16.7 Å². The van der Waals surface area contributed by atoms with Gasteiger partial charge in [-0.1, -0.05) is 35.9 Å². The number of amidine groups is 1. The Labute approximate surface area is 192 Å². The molecule has 33 heavy (non-hydrogen) atoms. The molecule has 0 unspecified atom stereocenters. The Bertz CT molecular complexity index is 1220. The van der Waals surface area contributed by atoms with Crippen molar-refractivity contribution in [2.24, 2.45) is 4.99 Å². The minimum Gasteiger partial charge on any atom is -0.434 e. The van der Waals surface area contributed by atoms with Crippen LogP contribution in [0, 0.1) is 26.6 Å². The van der Waals surface area contributed by atoms with Crippen molar-refractivity contribution in [1.82, 2.24) is 15.7 Å². The summed E-state index contributed by atoms with van der Waals surface area (Å²) in [5.74, 6) is 0.775. The molecule has 0 saturated heterocycles. The number of aliphatic imine (C=N–C) groups is 1. The van der Waals surface area contributed by atoms with Gasteiger partial charge in [0, 0.05) is 0 Å². The molecule has 1 saturated carbocycles. The second-order valence-corrected chi connectivity index (χ2v) is 8.92. The lowest BCUT2D eigenvalue weighted by Crippen LogP contribution is -2.37. The molecule has 1 fully saturated rings. The van der Waals surface area contributed by atoms with E-state index in [9.17, 15) is 0 Å². The van der Waals surface area contributed by atoms with Gasteiger partial charge in [0.25, 0.3) is 0 Å². The number of rotatable bonds is 6. The van der Waals surface area contributed by atoms with Crippen LogP contribution in [0.2, 0.25) is 0 Å². The second-order valence-electron chi connectivity index (χ2n) is 8.92. The summed E-state index contributed by atoms with van der Waals surface area (Å²) in [6.07, 6.45) is 2.77. The number of nitrogens with one attached hydrogen (secondary N) is 1. The van der Waals surface area contributed by atoms with Crippen LogP contribution in [0.4, 0.5) is 4.39 Å². The molecule has 7 heteroatoms. The van der Waals surface area contributed by atoms with Gasteiger partial charge >= 0.3 is 0 Å². The number of hydrogen-bond donors (Lipinski definition) is 1. The Kier molecular flexibility index (Phi) is 5.81. The van der Waals surface area contributed by atoms with E-state index >= 15 is 4.39 Å². The zero-order valence-electron chi connectivity index (χ0n) is 19.1. The Hall–Kier alpha value is -3.32. The Morgan fingerprint density at radius 3 is 2.73 bits per heavy atom. The lowest BCUT2D eigenvalue weighted by atomic mass is 9.99. The van der Waals surface area contributed by atoms with E-state index in [0.29, 0.717) is 29.3 Å². The van der Waals surface area contributed by atoms with Crippen molar-refractivity contribution in [3.05, 3.63) is 81.8 Å². The van der Waals surface area contributed by atoms with Crippen LogP contribution in [-0.4, -0.2) is 28.7 Å². The molecular weight excluding hydrogens is 419 g/mol. The second kappa shape index (κ2) is 8.90. The lowest BCUT2D eigenvalue weighted by Gasteiger charge is -2.23. The molecule has 0 amide bonds. The van der Waals surface area contributed by atoms with Gasteiger partial charge in [0.05, 0.1) is 23.9 Å². The molecule has 1 aromatic heterocycles. The van der Waals surface area contributed by atoms with Crippen molar-refractivity contribution in [2.75, 3.05) is 6.61 Å². The van der Waals surface area contributed by atoms with E-state index in [-0.39, 0.29) is 29.4 Å². The number of aromatic nitrogens is 2. The third-order valence-corrected chi connectivity index (χ3v) is 6.06. The fourth-order valence-electron chi connectivity index (χ4n) is 4.15. The molecule has 0 bridgehead atoms. The number of ether oxygens (including phenoxy) is 1. The van der Waals surface area contributed by atoms with Gasteiger partial charge in [-0.05, 0) is 74.8 Å². The molecule has 6 nitrogen and oxygen atoms in total. The molecule has 1 N–H and O–H groups in total. The summed E-state index contributed by atoms with van der Waals surface area (Å²) in [6, 6.07) is 13.4. The molecule has 3 aromatic rings. The topological polar surface area (TPSA) is 68.6 Å². The molecule has 5 rings (SSSR count). The maximum atomic E-state index is 15.0. The molecule has 170 valence electrons. The molecule has 2 aromatic carbocycles. The van der Waals surface area contributed by atoms with Gasteiger partial charge in [0.2, 0.25) is 5.88 Å². The summed E-state index contributed by atoms with van der Waals surface area (Å²) in [4.78, 5) is 10.5. The fraction of sp³-hybridized carbons (Fsp3) is 0.346. The molecule has 0 spiro atoms. The molecule has 2 heterocycles. The maximum Gasteiger partial charge on any atom is 0.250 e. The van der Waals surface area contributed by atoms with Crippen LogP contribution in [0.5, 0.6) is 11.6 Å². The zero-order valence-corrected chi connectivity index (χ0v) is 19.1. The summed E-state index contributed by atoms with van der Waals surface area (Å²) in [6.45, 7) is 6.49. The first-order valence-corrected chi connectivity index (χ1v) is 11.3. The minimum atomic E-state index is -0.337. The molecule has 2 aliphatic rings. The van der Waals surface area contributed by atoms with E-state index in [1.807, 2.05) is 25.1 Å². The number of halogens is 1. The highest BCUT2D eigenvalue weighted by Gasteiger charge is 2.29. The van der Waals surface area contributed by atoms with Crippen molar-refractivity contribution < 1.29 is 14.0 Å². The van der Waals surface area contributed by atoms with Gasteiger partial charge < -0.3 is 4.74 Å². The summed E-state index contributed by atoms with van der Waals surface area (Å²) >= 11 is 0. The highest BCUT2D eigenvalue weighted by molar-refractivity contribution is 6.00. The third kappa shape index (κ3) is 4.73. The molecule has 1 atom stereocenters. The van der Waals surface area contributed by atoms with Crippen molar-refractivity contribution in [3.8, 4) is 11.6 Å². The van der Waals surface area contributed by atoms with Gasteiger partial charge in [0.1, 0.15) is 0 Å². The first-order chi connectivity index (χ1) is 16.0. The minimum absolute atomic E-state index is 0.0705. The number of benzene rings is 2. The van der Waals surface area contributed by atoms with Crippen LogP contribution < -0.4 is 10.2 Å². The van der Waals surface area contributed by atoms with Crippen LogP contribution in [0.25, 0.3) is 0 Å². The number of nitrogens with zero attached hydrogens (tertiary/aromatic N) is 3. The predicted octanol–water partition coefficient (Wildman–Crippen LogP) is 5.10. The molecule has 1 aliphatic heterocycles. The Morgan fingerprint density at radius 2 is 1.94 bits per heavy atom. The van der Waals surface area contributed by atoms with Crippen LogP contribution in [0.15, 0.2) is 47.5 Å². The van der Waals surface area contributed by atoms with Crippen LogP contribution in [0.3, 0.4) is 0 Å². The number of hydroxylamine groups is 1. The van der Waals surface area contributed by atoms with E-state index in [1.54, 1.807) is 6.07 Å². The average Bonchev–Trinajstić information content (AvgIpc) is 3.64. The first-order valence-electron chi connectivity index (χ1n) is 11.3. The quantitative estimate of drug-likeness (QED) is 0.570. The first kappa shape index (κ1) is 21.5. The average molecular weight is 447 g/mol. The highest BCUT2D eigenvalue weighted by atomic mass is 19.1. The van der Waals surface area contributed by atoms with Gasteiger partial charge in [-0.25, -0.2) is 9.87 Å². The van der Waals surface area contributed by atoms with Crippen molar-refractivity contribution in [1.29, 1.82) is 0 Å². The maximum absolute atomic E-state index is 15.0. The molecular formula is C26H27FN4O2. The highest BCUT2D eigenvalue weighted by Crippen LogP contribution is 2.43. The SMILES string of the molecule is Cc1ccc(C[C@@H]2CONC(c3cc(C)nnc3Oc3cccc(C4CC4)c3F)=N2)c(C)c1. The number of hydrogen-bond acceptors (Lipinski definition) is 6. The van der Waals surface area contributed by atoms with Gasteiger partial charge in [-0.2, -0.15) is 5.10 Å². The van der Waals surface area contributed by atoms with Crippen LogP contribution in [0.1, 0.15) is 52.3 Å². The van der Waals surface area contributed by atoms with Crippen molar-refractivity contribution >= 4 is 5.84 Å². The smallest absolute Gasteiger partial charge is 0.250 e. The van der Waals surface area contributed by atoms with E-state index in [2.05, 4.69) is 47.7 Å². The van der Waals surface area contributed by atoms with Crippen molar-refractivity contribution in [3.63, 3.8) is 0 Å². The van der Waals surface area contributed by atoms with Gasteiger partial charge in [0.15, 0.2) is 17.4 Å². The summed E-state index contributed by atoms with van der Waals surface area (Å²) < 4.78 is 21.0.